The number of rotatable bonds is 8. The van der Waals surface area contributed by atoms with Crippen LogP contribution in [0.15, 0.2) is 29.4 Å². The van der Waals surface area contributed by atoms with Gasteiger partial charge in [-0.3, -0.25) is 14.9 Å². The quantitative estimate of drug-likeness (QED) is 0.463. The highest BCUT2D eigenvalue weighted by atomic mass is 32.2. The van der Waals surface area contributed by atoms with Crippen LogP contribution in [0.1, 0.15) is 48.9 Å². The van der Waals surface area contributed by atoms with Gasteiger partial charge in [0.05, 0.1) is 12.2 Å². The molecule has 3 aromatic rings. The maximum Gasteiger partial charge on any atom is 0.236 e. The van der Waals surface area contributed by atoms with Gasteiger partial charge in [-0.15, -0.1) is 20.4 Å². The standard InChI is InChI=1S/C21H24FN7O2S2/c1-29-16(11-17(30)23-15-9-7-14(22)8-10-15)25-28-21(29)32-12-18(31)24-20-27-26-19(33-20)13-5-3-2-4-6-13/h7-10,13H,2-6,11-12H2,1H3,(H,23,30)(H,24,27,31). The van der Waals surface area contributed by atoms with E-state index in [-0.39, 0.29) is 29.8 Å². The van der Waals surface area contributed by atoms with Crippen molar-refractivity contribution in [2.75, 3.05) is 16.4 Å². The zero-order valence-corrected chi connectivity index (χ0v) is 19.7. The Hall–Kier alpha value is -2.86. The lowest BCUT2D eigenvalue weighted by Crippen LogP contribution is -2.17. The molecule has 1 aromatic carbocycles. The number of amides is 2. The number of benzene rings is 1. The Kier molecular flexibility index (Phi) is 7.65. The maximum atomic E-state index is 13.0. The lowest BCUT2D eigenvalue weighted by atomic mass is 9.90. The van der Waals surface area contributed by atoms with Crippen LogP contribution in [0.4, 0.5) is 15.2 Å². The summed E-state index contributed by atoms with van der Waals surface area (Å²) in [5.74, 6) is 0.170. The first kappa shape index (κ1) is 23.3. The molecular weight excluding hydrogens is 465 g/mol. The van der Waals surface area contributed by atoms with E-state index >= 15 is 0 Å². The topological polar surface area (TPSA) is 115 Å². The van der Waals surface area contributed by atoms with Crippen LogP contribution < -0.4 is 10.6 Å². The summed E-state index contributed by atoms with van der Waals surface area (Å²) >= 11 is 2.67. The number of carbonyl (C=O) groups is 2. The van der Waals surface area contributed by atoms with E-state index in [0.29, 0.717) is 27.7 Å². The molecule has 2 amide bonds. The Labute approximate surface area is 198 Å². The van der Waals surface area contributed by atoms with E-state index in [9.17, 15) is 14.0 Å². The van der Waals surface area contributed by atoms with Crippen LogP contribution in [0.25, 0.3) is 0 Å². The van der Waals surface area contributed by atoms with Gasteiger partial charge in [0.25, 0.3) is 0 Å². The van der Waals surface area contributed by atoms with Crippen LogP contribution >= 0.6 is 23.1 Å². The third kappa shape index (κ3) is 6.35. The monoisotopic (exact) mass is 489 g/mol. The predicted molar refractivity (Wildman–Crippen MR) is 125 cm³/mol. The average molecular weight is 490 g/mol. The summed E-state index contributed by atoms with van der Waals surface area (Å²) in [6.45, 7) is 0. The molecule has 0 atom stereocenters. The van der Waals surface area contributed by atoms with Crippen molar-refractivity contribution < 1.29 is 14.0 Å². The highest BCUT2D eigenvalue weighted by molar-refractivity contribution is 7.99. The summed E-state index contributed by atoms with van der Waals surface area (Å²) in [5.41, 5.74) is 0.498. The molecule has 1 aliphatic rings. The van der Waals surface area contributed by atoms with E-state index in [2.05, 4.69) is 31.0 Å². The van der Waals surface area contributed by atoms with Gasteiger partial charge in [-0.25, -0.2) is 4.39 Å². The summed E-state index contributed by atoms with van der Waals surface area (Å²) in [7, 11) is 1.74. The van der Waals surface area contributed by atoms with E-state index in [0.717, 1.165) is 17.8 Å². The molecule has 0 saturated heterocycles. The van der Waals surface area contributed by atoms with Crippen LogP contribution in [0.2, 0.25) is 0 Å². The first-order valence-electron chi connectivity index (χ1n) is 10.7. The average Bonchev–Trinajstić information content (AvgIpc) is 3.41. The number of aromatic nitrogens is 5. The van der Waals surface area contributed by atoms with Crippen LogP contribution in [-0.2, 0) is 23.1 Å². The Morgan fingerprint density at radius 1 is 1.06 bits per heavy atom. The van der Waals surface area contributed by atoms with Gasteiger partial charge in [0.1, 0.15) is 16.6 Å². The fourth-order valence-corrected chi connectivity index (χ4v) is 5.25. The van der Waals surface area contributed by atoms with Gasteiger partial charge in [-0.1, -0.05) is 42.4 Å². The van der Waals surface area contributed by atoms with Crippen LogP contribution in [0, 0.1) is 5.82 Å². The highest BCUT2D eigenvalue weighted by Crippen LogP contribution is 2.35. The first-order valence-corrected chi connectivity index (χ1v) is 12.5. The molecule has 2 N–H and O–H groups in total. The van der Waals surface area contributed by atoms with Gasteiger partial charge in [0.15, 0.2) is 5.16 Å². The van der Waals surface area contributed by atoms with Gasteiger partial charge >= 0.3 is 0 Å². The Bertz CT molecular complexity index is 1110. The molecule has 0 radical (unpaired) electrons. The zero-order chi connectivity index (χ0) is 23.2. The van der Waals surface area contributed by atoms with E-state index in [1.807, 2.05) is 0 Å². The molecule has 4 rings (SSSR count). The van der Waals surface area contributed by atoms with Gasteiger partial charge in [-0.2, -0.15) is 0 Å². The van der Waals surface area contributed by atoms with Gasteiger partial charge in [0, 0.05) is 18.7 Å². The largest absolute Gasteiger partial charge is 0.326 e. The third-order valence-corrected chi connectivity index (χ3v) is 7.37. The minimum atomic E-state index is -0.372. The second-order valence-electron chi connectivity index (χ2n) is 7.81. The minimum Gasteiger partial charge on any atom is -0.326 e. The molecule has 0 spiro atoms. The Balaban J connectivity index is 1.26. The smallest absolute Gasteiger partial charge is 0.236 e. The molecule has 0 unspecified atom stereocenters. The van der Waals surface area contributed by atoms with Gasteiger partial charge in [0.2, 0.25) is 16.9 Å². The number of carbonyl (C=O) groups excluding carboxylic acids is 2. The molecule has 12 heteroatoms. The maximum absolute atomic E-state index is 13.0. The summed E-state index contributed by atoms with van der Waals surface area (Å²) in [6.07, 6.45) is 5.98. The fraction of sp³-hybridized carbons (Fsp3) is 0.429. The van der Waals surface area contributed by atoms with Crippen molar-refractivity contribution in [3.63, 3.8) is 0 Å². The van der Waals surface area contributed by atoms with E-state index in [4.69, 9.17) is 0 Å². The second-order valence-corrected chi connectivity index (χ2v) is 9.76. The molecule has 1 aliphatic carbocycles. The van der Waals surface area contributed by atoms with Crippen molar-refractivity contribution in [2.45, 2.75) is 49.6 Å². The molecule has 174 valence electrons. The second kappa shape index (κ2) is 10.8. The molecule has 0 aliphatic heterocycles. The van der Waals surface area contributed by atoms with Crippen molar-refractivity contribution in [1.82, 2.24) is 25.0 Å². The molecular formula is C21H24FN7O2S2. The number of nitrogens with zero attached hydrogens (tertiary/aromatic N) is 5. The number of thioether (sulfide) groups is 1. The van der Waals surface area contributed by atoms with Crippen LogP contribution in [-0.4, -0.2) is 42.5 Å². The number of hydrogen-bond acceptors (Lipinski definition) is 8. The van der Waals surface area contributed by atoms with Crippen molar-refractivity contribution in [1.29, 1.82) is 0 Å². The number of halogens is 1. The third-order valence-electron chi connectivity index (χ3n) is 5.35. The lowest BCUT2D eigenvalue weighted by molar-refractivity contribution is -0.116. The van der Waals surface area contributed by atoms with E-state index in [1.54, 1.807) is 11.6 Å². The molecule has 2 heterocycles. The molecule has 2 aromatic heterocycles. The predicted octanol–water partition coefficient (Wildman–Crippen LogP) is 3.77. The first-order chi connectivity index (χ1) is 16.0. The van der Waals surface area contributed by atoms with Crippen molar-refractivity contribution >= 4 is 45.7 Å². The van der Waals surface area contributed by atoms with Gasteiger partial charge < -0.3 is 9.88 Å². The summed E-state index contributed by atoms with van der Waals surface area (Å²) in [4.78, 5) is 24.6. The van der Waals surface area contributed by atoms with E-state index < -0.39 is 0 Å². The van der Waals surface area contributed by atoms with Crippen LogP contribution in [0.5, 0.6) is 0 Å². The summed E-state index contributed by atoms with van der Waals surface area (Å²) in [6, 6.07) is 5.52. The minimum absolute atomic E-state index is 0.00234. The normalized spacial score (nSPS) is 14.2. The van der Waals surface area contributed by atoms with Crippen molar-refractivity contribution in [2.24, 2.45) is 7.05 Å². The molecule has 1 fully saturated rings. The summed E-state index contributed by atoms with van der Waals surface area (Å²) < 4.78 is 14.7. The van der Waals surface area contributed by atoms with Crippen LogP contribution in [0.3, 0.4) is 0 Å². The molecule has 0 bridgehead atoms. The molecule has 1 saturated carbocycles. The van der Waals surface area contributed by atoms with Crippen molar-refractivity contribution in [3.05, 3.63) is 40.9 Å². The summed E-state index contributed by atoms with van der Waals surface area (Å²) in [5, 5.41) is 24.0. The number of anilines is 2. The molecule has 9 nitrogen and oxygen atoms in total. The lowest BCUT2D eigenvalue weighted by Gasteiger charge is -2.18. The Morgan fingerprint density at radius 3 is 2.58 bits per heavy atom. The molecule has 33 heavy (non-hydrogen) atoms. The zero-order valence-electron chi connectivity index (χ0n) is 18.1. The van der Waals surface area contributed by atoms with Gasteiger partial charge in [-0.05, 0) is 37.1 Å². The number of hydrogen-bond donors (Lipinski definition) is 2. The van der Waals surface area contributed by atoms with Crippen molar-refractivity contribution in [3.8, 4) is 0 Å². The Morgan fingerprint density at radius 2 is 1.82 bits per heavy atom. The highest BCUT2D eigenvalue weighted by Gasteiger charge is 2.20. The number of nitrogens with one attached hydrogen (secondary N) is 2. The fourth-order valence-electron chi connectivity index (χ4n) is 3.59. The SMILES string of the molecule is Cn1c(CC(=O)Nc2ccc(F)cc2)nnc1SCC(=O)Nc1nnc(C2CCCCC2)s1. The van der Waals surface area contributed by atoms with E-state index in [1.165, 1.54) is 66.6 Å².